The predicted octanol–water partition coefficient (Wildman–Crippen LogP) is 9.53. The van der Waals surface area contributed by atoms with Gasteiger partial charge in [0.05, 0.1) is 28.9 Å². The number of aromatic nitrogens is 5. The molecule has 0 saturated heterocycles. The maximum Gasteiger partial charge on any atom is 0.240 e. The molecule has 10 rings (SSSR count). The Morgan fingerprint density at radius 2 is 0.818 bits per heavy atom. The third kappa shape index (κ3) is 3.10. The molecule has 204 valence electrons. The highest BCUT2D eigenvalue weighted by atomic mass is 15.2. The molecule has 5 nitrogen and oxygen atoms in total. The summed E-state index contributed by atoms with van der Waals surface area (Å²) in [5, 5.41) is 8.08. The van der Waals surface area contributed by atoms with Crippen molar-refractivity contribution in [3.63, 3.8) is 0 Å². The van der Waals surface area contributed by atoms with Crippen LogP contribution >= 0.6 is 0 Å². The van der Waals surface area contributed by atoms with Crippen molar-refractivity contribution in [2.24, 2.45) is 0 Å². The average Bonchev–Trinajstić information content (AvgIpc) is 3.66. The highest BCUT2D eigenvalue weighted by Crippen LogP contribution is 2.38. The van der Waals surface area contributed by atoms with Crippen LogP contribution in [0.25, 0.3) is 88.1 Å². The number of hydrogen-bond donors (Lipinski definition) is 0. The van der Waals surface area contributed by atoms with E-state index in [1.54, 1.807) is 0 Å². The summed E-state index contributed by atoms with van der Waals surface area (Å²) in [7, 11) is 0. The molecule has 6 aromatic carbocycles. The molecular formula is C39H23N5. The Bertz CT molecular complexity index is 2930. The lowest BCUT2D eigenvalue weighted by Crippen LogP contribution is -2.01. The van der Waals surface area contributed by atoms with E-state index in [1.165, 1.54) is 0 Å². The van der Waals surface area contributed by atoms with Crippen LogP contribution in [-0.4, -0.2) is 23.8 Å². The van der Waals surface area contributed by atoms with Crippen LogP contribution in [-0.2, 0) is 0 Å². The van der Waals surface area contributed by atoms with Crippen molar-refractivity contribution < 1.29 is 6.85 Å². The van der Waals surface area contributed by atoms with Crippen LogP contribution in [0.1, 0.15) is 6.85 Å². The summed E-state index contributed by atoms with van der Waals surface area (Å²) >= 11 is 0. The first-order valence-electron chi connectivity index (χ1n) is 16.9. The van der Waals surface area contributed by atoms with E-state index in [1.807, 2.05) is 45.2 Å². The molecule has 2 bridgehead atoms. The maximum absolute atomic E-state index is 8.87. The minimum absolute atomic E-state index is 0.0133. The summed E-state index contributed by atoms with van der Waals surface area (Å²) in [4.78, 5) is 15.1. The second kappa shape index (κ2) is 8.72. The van der Waals surface area contributed by atoms with E-state index < -0.39 is 18.1 Å². The fourth-order valence-electron chi connectivity index (χ4n) is 6.87. The number of nitrogens with zero attached hydrogens (tertiary/aromatic N) is 5. The highest BCUT2D eigenvalue weighted by Gasteiger charge is 2.18. The van der Waals surface area contributed by atoms with E-state index in [2.05, 4.69) is 72.8 Å². The lowest BCUT2D eigenvalue weighted by atomic mass is 10.0. The van der Waals surface area contributed by atoms with Gasteiger partial charge in [0.25, 0.3) is 0 Å². The average molecular weight is 567 g/mol. The van der Waals surface area contributed by atoms with Crippen molar-refractivity contribution in [3.8, 4) is 11.4 Å². The first-order valence-corrected chi connectivity index (χ1v) is 14.4. The monoisotopic (exact) mass is 566 g/mol. The minimum Gasteiger partial charge on any atom is -0.277 e. The molecule has 0 amide bonds. The number of hydrogen-bond acceptors (Lipinski definition) is 3. The van der Waals surface area contributed by atoms with Gasteiger partial charge in [0, 0.05) is 37.9 Å². The Morgan fingerprint density at radius 1 is 0.409 bits per heavy atom. The van der Waals surface area contributed by atoms with Crippen LogP contribution in [0.4, 0.5) is 0 Å². The molecule has 0 aliphatic rings. The molecule has 0 N–H and O–H groups in total. The SMILES string of the molecule is [2H]c1c([2H])c([2H])c(-c2nc3nc(n2)n2c4ccccc4c4cccc(c5ccccc5c5cccc6c7ccccc7n3c56)c42)c([2H])c1[2H]. The van der Waals surface area contributed by atoms with Gasteiger partial charge in [-0.05, 0) is 22.9 Å². The third-order valence-corrected chi connectivity index (χ3v) is 8.63. The second-order valence-corrected chi connectivity index (χ2v) is 10.9. The summed E-state index contributed by atoms with van der Waals surface area (Å²) in [5.41, 5.74) is 3.43. The van der Waals surface area contributed by atoms with Crippen molar-refractivity contribution in [2.45, 2.75) is 0 Å². The van der Waals surface area contributed by atoms with Crippen molar-refractivity contribution in [3.05, 3.63) is 139 Å². The fourth-order valence-corrected chi connectivity index (χ4v) is 6.87. The van der Waals surface area contributed by atoms with Gasteiger partial charge >= 0.3 is 0 Å². The van der Waals surface area contributed by atoms with E-state index in [0.717, 1.165) is 65.2 Å². The van der Waals surface area contributed by atoms with Crippen LogP contribution in [0.5, 0.6) is 0 Å². The molecule has 0 atom stereocenters. The largest absolute Gasteiger partial charge is 0.277 e. The molecule has 0 unspecified atom stereocenters. The van der Waals surface area contributed by atoms with Gasteiger partial charge in [-0.15, -0.1) is 0 Å². The zero-order valence-corrected chi connectivity index (χ0v) is 23.1. The highest BCUT2D eigenvalue weighted by molar-refractivity contribution is 6.24. The van der Waals surface area contributed by atoms with Gasteiger partial charge in [-0.3, -0.25) is 8.80 Å². The van der Waals surface area contributed by atoms with Gasteiger partial charge in [0.2, 0.25) is 11.6 Å². The van der Waals surface area contributed by atoms with Crippen molar-refractivity contribution >= 4 is 76.7 Å². The van der Waals surface area contributed by atoms with Crippen molar-refractivity contribution in [1.82, 2.24) is 23.8 Å². The van der Waals surface area contributed by atoms with Gasteiger partial charge in [0.15, 0.2) is 5.82 Å². The van der Waals surface area contributed by atoms with Gasteiger partial charge in [-0.2, -0.15) is 15.0 Å². The molecule has 10 aromatic rings. The van der Waals surface area contributed by atoms with Crippen molar-refractivity contribution in [1.29, 1.82) is 0 Å². The molecular weight excluding hydrogens is 538 g/mol. The molecule has 0 aliphatic heterocycles. The van der Waals surface area contributed by atoms with Crippen LogP contribution in [0, 0.1) is 0 Å². The lowest BCUT2D eigenvalue weighted by Gasteiger charge is -2.05. The van der Waals surface area contributed by atoms with E-state index >= 15 is 0 Å². The molecule has 4 aromatic heterocycles. The molecule has 0 saturated carbocycles. The first-order chi connectivity index (χ1) is 23.9. The zero-order chi connectivity index (χ0) is 33.1. The van der Waals surface area contributed by atoms with E-state index in [9.17, 15) is 0 Å². The molecule has 5 heteroatoms. The van der Waals surface area contributed by atoms with Crippen LogP contribution < -0.4 is 0 Å². The number of fused-ring (bicyclic) bond motifs is 13. The molecule has 4 heterocycles. The summed E-state index contributed by atoms with van der Waals surface area (Å²) in [6.07, 6.45) is 0. The molecule has 0 fully saturated rings. The molecule has 0 aliphatic carbocycles. The zero-order valence-electron chi connectivity index (χ0n) is 28.1. The van der Waals surface area contributed by atoms with Crippen LogP contribution in [0.3, 0.4) is 0 Å². The number of para-hydroxylation sites is 4. The molecule has 0 radical (unpaired) electrons. The second-order valence-electron chi connectivity index (χ2n) is 10.9. The quantitative estimate of drug-likeness (QED) is 0.199. The van der Waals surface area contributed by atoms with E-state index in [4.69, 9.17) is 21.8 Å². The minimum atomic E-state index is -0.476. The summed E-state index contributed by atoms with van der Waals surface area (Å²) in [6, 6.07) is 35.0. The molecule has 0 spiro atoms. The normalized spacial score (nSPS) is 13.7. The Balaban J connectivity index is 1.62. The summed E-state index contributed by atoms with van der Waals surface area (Å²) in [6.45, 7) is 0. The Hall–Kier alpha value is -6.07. The van der Waals surface area contributed by atoms with Gasteiger partial charge in [-0.1, -0.05) is 127 Å². The van der Waals surface area contributed by atoms with Gasteiger partial charge in [0.1, 0.15) is 0 Å². The van der Waals surface area contributed by atoms with Gasteiger partial charge < -0.3 is 0 Å². The Kier molecular flexibility index (Phi) is 3.80. The van der Waals surface area contributed by atoms with Crippen molar-refractivity contribution in [2.75, 3.05) is 0 Å². The third-order valence-electron chi connectivity index (χ3n) is 8.63. The Morgan fingerprint density at radius 3 is 1.32 bits per heavy atom. The van der Waals surface area contributed by atoms with Crippen LogP contribution in [0.15, 0.2) is 139 Å². The standard InChI is InChI=1S/C39H23N5/c1-2-12-24(13-3-1)37-40-38-42-39(41-37)44-34-23-9-7-17-28(34)32-21-11-19-30(36(32)44)26-15-5-4-14-25(26)29-18-10-20-31-27-16-6-8-22-33(27)43(38)35(29)31/h1-23H/i1D,2D,3D,12D,13D. The smallest absolute Gasteiger partial charge is 0.240 e. The Labute approximate surface area is 258 Å². The number of benzene rings is 6. The fraction of sp³-hybridized carbons (Fsp3) is 0. The van der Waals surface area contributed by atoms with E-state index in [-0.39, 0.29) is 35.0 Å². The summed E-state index contributed by atoms with van der Waals surface area (Å²) in [5.74, 6) is 0.530. The van der Waals surface area contributed by atoms with Crippen LogP contribution in [0.2, 0.25) is 0 Å². The maximum atomic E-state index is 8.87. The predicted molar refractivity (Wildman–Crippen MR) is 181 cm³/mol. The topological polar surface area (TPSA) is 47.5 Å². The first kappa shape index (κ1) is 19.2. The molecule has 44 heavy (non-hydrogen) atoms. The lowest BCUT2D eigenvalue weighted by molar-refractivity contribution is 1.06. The summed E-state index contributed by atoms with van der Waals surface area (Å²) < 4.78 is 46.9. The van der Waals surface area contributed by atoms with Gasteiger partial charge in [-0.25, -0.2) is 0 Å². The number of rotatable bonds is 1. The van der Waals surface area contributed by atoms with E-state index in [0.29, 0.717) is 0 Å².